The van der Waals surface area contributed by atoms with Crippen LogP contribution in [0.5, 0.6) is 0 Å². The number of ether oxygens (including phenoxy) is 1. The van der Waals surface area contributed by atoms with Crippen LogP contribution in [0.1, 0.15) is 13.8 Å². The highest BCUT2D eigenvalue weighted by Crippen LogP contribution is 2.45. The zero-order chi connectivity index (χ0) is 22.4. The quantitative estimate of drug-likeness (QED) is 0.545. The number of thioether (sulfide) groups is 1. The van der Waals surface area contributed by atoms with Crippen molar-refractivity contribution in [2.75, 3.05) is 18.1 Å². The van der Waals surface area contributed by atoms with Gasteiger partial charge in [0, 0.05) is 17.0 Å². The number of fused-ring (bicyclic) bond motifs is 1. The van der Waals surface area contributed by atoms with Gasteiger partial charge in [-0.25, -0.2) is 0 Å². The van der Waals surface area contributed by atoms with Crippen LogP contribution in [0.2, 0.25) is 0 Å². The van der Waals surface area contributed by atoms with Crippen LogP contribution >= 0.6 is 11.8 Å². The summed E-state index contributed by atoms with van der Waals surface area (Å²) in [6.45, 7) is 4.14. The highest BCUT2D eigenvalue weighted by Gasteiger charge is 2.38. The summed E-state index contributed by atoms with van der Waals surface area (Å²) in [4.78, 5) is 3.21. The van der Waals surface area contributed by atoms with Crippen molar-refractivity contribution in [2.24, 2.45) is 0 Å². The number of β-amino-alcohol motifs (C(OH)–C–C–N with tert-alkyl or cyclic N) is 1. The van der Waals surface area contributed by atoms with E-state index in [1.165, 1.54) is 0 Å². The van der Waals surface area contributed by atoms with E-state index in [2.05, 4.69) is 17.0 Å². The SMILES string of the molecule is CC1(C)OC(=C(C#N)C#N)C(C#N)=C1/C=C/C=C/C=C1\Sc2ccccc2N1CCO. The third-order valence-electron chi connectivity index (χ3n) is 4.75. The van der Waals surface area contributed by atoms with Gasteiger partial charge in [0.1, 0.15) is 29.4 Å². The zero-order valence-electron chi connectivity index (χ0n) is 17.2. The number of nitriles is 3. The van der Waals surface area contributed by atoms with Crippen molar-refractivity contribution in [1.29, 1.82) is 15.8 Å². The van der Waals surface area contributed by atoms with Crippen molar-refractivity contribution >= 4 is 17.4 Å². The van der Waals surface area contributed by atoms with Gasteiger partial charge in [0.25, 0.3) is 0 Å². The van der Waals surface area contributed by atoms with Gasteiger partial charge in [0.05, 0.1) is 17.3 Å². The molecule has 154 valence electrons. The highest BCUT2D eigenvalue weighted by atomic mass is 32.2. The monoisotopic (exact) mass is 428 g/mol. The molecule has 3 rings (SSSR count). The van der Waals surface area contributed by atoms with Gasteiger partial charge in [-0.1, -0.05) is 48.2 Å². The van der Waals surface area contributed by atoms with Gasteiger partial charge >= 0.3 is 0 Å². The zero-order valence-corrected chi connectivity index (χ0v) is 18.0. The maximum absolute atomic E-state index is 9.56. The van der Waals surface area contributed by atoms with E-state index in [9.17, 15) is 10.4 Å². The van der Waals surface area contributed by atoms with Crippen molar-refractivity contribution in [3.05, 3.63) is 82.2 Å². The molecular weight excluding hydrogens is 408 g/mol. The molecule has 0 saturated carbocycles. The molecule has 2 aliphatic heterocycles. The Labute approximate surface area is 186 Å². The maximum Gasteiger partial charge on any atom is 0.172 e. The van der Waals surface area contributed by atoms with E-state index in [1.54, 1.807) is 49.9 Å². The highest BCUT2D eigenvalue weighted by molar-refractivity contribution is 8.03. The summed E-state index contributed by atoms with van der Waals surface area (Å²) < 4.78 is 5.74. The lowest BCUT2D eigenvalue weighted by Gasteiger charge is -2.20. The molecule has 0 aromatic heterocycles. The number of hydrogen-bond acceptors (Lipinski definition) is 7. The fourth-order valence-corrected chi connectivity index (χ4v) is 4.44. The minimum atomic E-state index is -0.830. The number of aliphatic hydroxyl groups is 1. The van der Waals surface area contributed by atoms with Crippen LogP contribution in [-0.2, 0) is 4.74 Å². The average Bonchev–Trinajstić information content (AvgIpc) is 3.23. The second kappa shape index (κ2) is 9.41. The van der Waals surface area contributed by atoms with E-state index < -0.39 is 5.60 Å². The largest absolute Gasteiger partial charge is 0.480 e. The summed E-state index contributed by atoms with van der Waals surface area (Å²) in [7, 11) is 0. The standard InChI is InChI=1S/C24H20N4O2S/c1-24(2)19(18(16-27)23(30-24)17(14-25)15-26)8-4-3-5-11-22-28(12-13-29)20-9-6-7-10-21(20)31-22/h3-11,29H,12-13H2,1-2H3/b5-3+,8-4+,22-11-. The molecule has 31 heavy (non-hydrogen) atoms. The summed E-state index contributed by atoms with van der Waals surface area (Å²) in [5, 5.41) is 38.2. The molecule has 0 atom stereocenters. The summed E-state index contributed by atoms with van der Waals surface area (Å²) in [5.41, 5.74) is 0.839. The van der Waals surface area contributed by atoms with Gasteiger partial charge in [-0.2, -0.15) is 15.8 Å². The van der Waals surface area contributed by atoms with E-state index in [4.69, 9.17) is 15.3 Å². The molecule has 7 heteroatoms. The topological polar surface area (TPSA) is 104 Å². The fraction of sp³-hybridized carbons (Fsp3) is 0.208. The number of benzene rings is 1. The van der Waals surface area contributed by atoms with Gasteiger partial charge in [-0.05, 0) is 32.1 Å². The third kappa shape index (κ3) is 4.42. The van der Waals surface area contributed by atoms with Crippen molar-refractivity contribution in [1.82, 2.24) is 0 Å². The summed E-state index contributed by atoms with van der Waals surface area (Å²) >= 11 is 1.64. The maximum atomic E-state index is 9.56. The molecule has 0 amide bonds. The van der Waals surface area contributed by atoms with Crippen LogP contribution in [0.25, 0.3) is 0 Å². The van der Waals surface area contributed by atoms with Crippen LogP contribution in [0.4, 0.5) is 5.69 Å². The first-order valence-electron chi connectivity index (χ1n) is 9.56. The van der Waals surface area contributed by atoms with Crippen molar-refractivity contribution in [3.63, 3.8) is 0 Å². The number of allylic oxidation sites excluding steroid dienone is 6. The van der Waals surface area contributed by atoms with Crippen molar-refractivity contribution < 1.29 is 9.84 Å². The molecular formula is C24H20N4O2S. The Balaban J connectivity index is 1.84. The summed E-state index contributed by atoms with van der Waals surface area (Å²) in [5.74, 6) is 0.0306. The molecule has 1 aromatic rings. The van der Waals surface area contributed by atoms with Crippen LogP contribution in [-0.4, -0.2) is 23.9 Å². The van der Waals surface area contributed by atoms with Gasteiger partial charge in [-0.15, -0.1) is 0 Å². The molecule has 2 aliphatic rings. The molecule has 6 nitrogen and oxygen atoms in total. The average molecular weight is 429 g/mol. The number of hydrogen-bond donors (Lipinski definition) is 1. The van der Waals surface area contributed by atoms with E-state index in [1.807, 2.05) is 36.4 Å². The Morgan fingerprint density at radius 2 is 1.90 bits per heavy atom. The second-order valence-electron chi connectivity index (χ2n) is 7.13. The molecule has 2 heterocycles. The lowest BCUT2D eigenvalue weighted by atomic mass is 9.95. The molecule has 1 aromatic carbocycles. The lowest BCUT2D eigenvalue weighted by molar-refractivity contribution is 0.0954. The molecule has 0 bridgehead atoms. The van der Waals surface area contributed by atoms with Crippen molar-refractivity contribution in [2.45, 2.75) is 24.3 Å². The predicted molar refractivity (Wildman–Crippen MR) is 119 cm³/mol. The smallest absolute Gasteiger partial charge is 0.172 e. The van der Waals surface area contributed by atoms with Gasteiger partial charge in [-0.3, -0.25) is 0 Å². The lowest BCUT2D eigenvalue weighted by Crippen LogP contribution is -2.21. The molecule has 0 radical (unpaired) electrons. The Morgan fingerprint density at radius 1 is 1.16 bits per heavy atom. The number of para-hydroxylation sites is 1. The van der Waals surface area contributed by atoms with Crippen LogP contribution in [0.3, 0.4) is 0 Å². The van der Waals surface area contributed by atoms with Gasteiger partial charge in [0.2, 0.25) is 0 Å². The van der Waals surface area contributed by atoms with Gasteiger partial charge in [0.15, 0.2) is 11.3 Å². The first-order chi connectivity index (χ1) is 15.0. The molecule has 0 spiro atoms. The van der Waals surface area contributed by atoms with Crippen LogP contribution in [0, 0.1) is 34.0 Å². The summed E-state index contributed by atoms with van der Waals surface area (Å²) in [6.07, 6.45) is 9.24. The molecule has 0 saturated heterocycles. The normalized spacial score (nSPS) is 18.3. The Hall–Kier alpha value is -3.70. The Bertz CT molecular complexity index is 1150. The van der Waals surface area contributed by atoms with E-state index >= 15 is 0 Å². The number of rotatable bonds is 5. The number of nitrogens with zero attached hydrogens (tertiary/aromatic N) is 4. The minimum Gasteiger partial charge on any atom is -0.480 e. The third-order valence-corrected chi connectivity index (χ3v) is 5.88. The second-order valence-corrected chi connectivity index (χ2v) is 8.20. The Kier molecular flexibility index (Phi) is 6.68. The fourth-order valence-electron chi connectivity index (χ4n) is 3.34. The first-order valence-corrected chi connectivity index (χ1v) is 10.4. The van der Waals surface area contributed by atoms with Gasteiger partial charge < -0.3 is 14.7 Å². The Morgan fingerprint density at radius 3 is 2.58 bits per heavy atom. The van der Waals surface area contributed by atoms with E-state index in [0.29, 0.717) is 12.1 Å². The van der Waals surface area contributed by atoms with E-state index in [0.717, 1.165) is 15.6 Å². The predicted octanol–water partition coefficient (Wildman–Crippen LogP) is 4.48. The van der Waals surface area contributed by atoms with E-state index in [-0.39, 0.29) is 23.5 Å². The molecule has 1 N–H and O–H groups in total. The summed E-state index contributed by atoms with van der Waals surface area (Å²) in [6, 6.07) is 13.7. The molecule has 0 unspecified atom stereocenters. The van der Waals surface area contributed by atoms with Crippen LogP contribution < -0.4 is 4.90 Å². The molecule has 0 fully saturated rings. The van der Waals surface area contributed by atoms with Crippen molar-refractivity contribution in [3.8, 4) is 18.2 Å². The number of anilines is 1. The minimum absolute atomic E-state index is 0.0306. The van der Waals surface area contributed by atoms with Crippen LogP contribution in [0.15, 0.2) is 87.0 Å². The first kappa shape index (κ1) is 22.0. The number of aliphatic hydroxyl groups excluding tert-OH is 1. The molecule has 0 aliphatic carbocycles.